The highest BCUT2D eigenvalue weighted by atomic mass is 19.1. The van der Waals surface area contributed by atoms with Crippen molar-refractivity contribution in [2.45, 2.75) is 25.4 Å². The lowest BCUT2D eigenvalue weighted by atomic mass is 9.94. The Bertz CT molecular complexity index is 720. The van der Waals surface area contributed by atoms with Gasteiger partial charge in [0.05, 0.1) is 6.57 Å². The first-order chi connectivity index (χ1) is 11.3. The Labute approximate surface area is 135 Å². The van der Waals surface area contributed by atoms with E-state index in [1.807, 2.05) is 12.1 Å². The van der Waals surface area contributed by atoms with Gasteiger partial charge in [0.2, 0.25) is 5.88 Å². The lowest BCUT2D eigenvalue weighted by Gasteiger charge is -2.22. The largest absolute Gasteiger partial charge is 0.473 e. The molecule has 0 saturated carbocycles. The molecule has 5 heteroatoms. The standard InChI is InChI=1S/C18H18FN3O/c1-20-15-6-5-14(16(19)11-15)12-23-18-4-2-3-17(22-18)13-7-9-21-10-8-13/h2-6,11,13,21H,7-10,12H2. The Hall–Kier alpha value is -2.45. The predicted octanol–water partition coefficient (Wildman–Crippen LogP) is 3.82. The lowest BCUT2D eigenvalue weighted by molar-refractivity contribution is 0.286. The molecule has 0 aliphatic carbocycles. The Balaban J connectivity index is 1.67. The molecule has 1 aromatic heterocycles. The number of halogens is 1. The third-order valence-electron chi connectivity index (χ3n) is 4.04. The zero-order valence-corrected chi connectivity index (χ0v) is 12.8. The number of nitrogens with one attached hydrogen (secondary N) is 1. The molecular weight excluding hydrogens is 293 g/mol. The molecule has 4 nitrogen and oxygen atoms in total. The van der Waals surface area contributed by atoms with E-state index in [2.05, 4.69) is 15.1 Å². The van der Waals surface area contributed by atoms with Gasteiger partial charge in [-0.3, -0.25) is 0 Å². The van der Waals surface area contributed by atoms with Crippen LogP contribution in [0.2, 0.25) is 0 Å². The van der Waals surface area contributed by atoms with Crippen LogP contribution in [0.5, 0.6) is 5.88 Å². The molecule has 1 saturated heterocycles. The van der Waals surface area contributed by atoms with Crippen LogP contribution in [0.3, 0.4) is 0 Å². The third kappa shape index (κ3) is 3.85. The Morgan fingerprint density at radius 3 is 2.83 bits per heavy atom. The molecule has 0 bridgehead atoms. The zero-order chi connectivity index (χ0) is 16.1. The van der Waals surface area contributed by atoms with Crippen LogP contribution in [0, 0.1) is 12.4 Å². The van der Waals surface area contributed by atoms with Gasteiger partial charge < -0.3 is 10.1 Å². The second-order valence-corrected chi connectivity index (χ2v) is 5.60. The van der Waals surface area contributed by atoms with Gasteiger partial charge in [0.15, 0.2) is 5.69 Å². The SMILES string of the molecule is [C-]#[N+]c1ccc(COc2cccc(C3CCNCC3)n2)c(F)c1. The Morgan fingerprint density at radius 2 is 2.09 bits per heavy atom. The van der Waals surface area contributed by atoms with Crippen LogP contribution in [-0.4, -0.2) is 18.1 Å². The number of pyridine rings is 1. The summed E-state index contributed by atoms with van der Waals surface area (Å²) in [5.74, 6) is 0.539. The van der Waals surface area contributed by atoms with E-state index in [4.69, 9.17) is 11.3 Å². The molecule has 1 aliphatic rings. The van der Waals surface area contributed by atoms with Gasteiger partial charge in [-0.05, 0) is 38.1 Å². The van der Waals surface area contributed by atoms with Crippen molar-refractivity contribution in [3.8, 4) is 5.88 Å². The van der Waals surface area contributed by atoms with Gasteiger partial charge in [0.1, 0.15) is 12.4 Å². The summed E-state index contributed by atoms with van der Waals surface area (Å²) >= 11 is 0. The minimum Gasteiger partial charge on any atom is -0.473 e. The number of ether oxygens (including phenoxy) is 1. The number of piperidine rings is 1. The number of benzene rings is 1. The normalized spacial score (nSPS) is 15.1. The lowest BCUT2D eigenvalue weighted by Crippen LogP contribution is -2.27. The summed E-state index contributed by atoms with van der Waals surface area (Å²) in [5.41, 5.74) is 1.75. The average molecular weight is 311 g/mol. The molecule has 0 unspecified atom stereocenters. The molecule has 1 N–H and O–H groups in total. The number of rotatable bonds is 4. The molecule has 118 valence electrons. The topological polar surface area (TPSA) is 38.5 Å². The smallest absolute Gasteiger partial charge is 0.213 e. The van der Waals surface area contributed by atoms with Crippen LogP contribution in [0.1, 0.15) is 30.0 Å². The maximum Gasteiger partial charge on any atom is 0.213 e. The van der Waals surface area contributed by atoms with Crippen molar-refractivity contribution in [3.63, 3.8) is 0 Å². The highest BCUT2D eigenvalue weighted by molar-refractivity contribution is 5.46. The quantitative estimate of drug-likeness (QED) is 0.873. The number of hydrogen-bond donors (Lipinski definition) is 1. The first-order valence-electron chi connectivity index (χ1n) is 7.72. The molecule has 0 radical (unpaired) electrons. The number of hydrogen-bond acceptors (Lipinski definition) is 3. The second-order valence-electron chi connectivity index (χ2n) is 5.60. The van der Waals surface area contributed by atoms with Crippen LogP contribution in [0.15, 0.2) is 36.4 Å². The average Bonchev–Trinajstić information content (AvgIpc) is 2.61. The summed E-state index contributed by atoms with van der Waals surface area (Å²) < 4.78 is 19.5. The second kappa shape index (κ2) is 7.21. The molecule has 2 heterocycles. The van der Waals surface area contributed by atoms with Gasteiger partial charge in [-0.15, -0.1) is 0 Å². The zero-order valence-electron chi connectivity index (χ0n) is 12.8. The molecule has 1 aromatic carbocycles. The van der Waals surface area contributed by atoms with Crippen molar-refractivity contribution in [1.82, 2.24) is 10.3 Å². The van der Waals surface area contributed by atoms with Gasteiger partial charge in [-0.2, -0.15) is 0 Å². The summed E-state index contributed by atoms with van der Waals surface area (Å²) in [4.78, 5) is 7.76. The molecule has 0 atom stereocenters. The fourth-order valence-corrected chi connectivity index (χ4v) is 2.73. The summed E-state index contributed by atoms with van der Waals surface area (Å²) in [6.07, 6.45) is 2.15. The molecule has 1 fully saturated rings. The van der Waals surface area contributed by atoms with Gasteiger partial charge >= 0.3 is 0 Å². The van der Waals surface area contributed by atoms with Crippen molar-refractivity contribution in [1.29, 1.82) is 0 Å². The van der Waals surface area contributed by atoms with Crippen molar-refractivity contribution in [3.05, 3.63) is 64.9 Å². The van der Waals surface area contributed by atoms with Crippen LogP contribution < -0.4 is 10.1 Å². The molecule has 23 heavy (non-hydrogen) atoms. The first kappa shape index (κ1) is 15.4. The maximum absolute atomic E-state index is 13.9. The minimum absolute atomic E-state index is 0.104. The minimum atomic E-state index is -0.423. The van der Waals surface area contributed by atoms with Crippen molar-refractivity contribution >= 4 is 5.69 Å². The third-order valence-corrected chi connectivity index (χ3v) is 4.04. The molecule has 2 aromatic rings. The fraction of sp³-hybridized carbons (Fsp3) is 0.333. The van der Waals surface area contributed by atoms with Crippen molar-refractivity contribution < 1.29 is 9.13 Å². The molecule has 3 rings (SSSR count). The Kier molecular flexibility index (Phi) is 4.84. The van der Waals surface area contributed by atoms with E-state index in [0.717, 1.165) is 31.6 Å². The maximum atomic E-state index is 13.9. The van der Waals surface area contributed by atoms with Gasteiger partial charge in [0, 0.05) is 23.2 Å². The summed E-state index contributed by atoms with van der Waals surface area (Å²) in [5, 5.41) is 3.34. The van der Waals surface area contributed by atoms with Crippen LogP contribution in [0.25, 0.3) is 4.85 Å². The van der Waals surface area contributed by atoms with E-state index in [9.17, 15) is 4.39 Å². The van der Waals surface area contributed by atoms with Crippen LogP contribution in [-0.2, 0) is 6.61 Å². The van der Waals surface area contributed by atoms with E-state index in [1.165, 1.54) is 6.07 Å². The Morgan fingerprint density at radius 1 is 1.26 bits per heavy atom. The van der Waals surface area contributed by atoms with E-state index < -0.39 is 5.82 Å². The van der Waals surface area contributed by atoms with Gasteiger partial charge in [-0.1, -0.05) is 18.2 Å². The van der Waals surface area contributed by atoms with Gasteiger partial charge in [-0.25, -0.2) is 14.2 Å². The first-order valence-corrected chi connectivity index (χ1v) is 7.72. The van der Waals surface area contributed by atoms with E-state index in [1.54, 1.807) is 18.2 Å². The molecular formula is C18H18FN3O. The molecule has 0 spiro atoms. The number of nitrogens with zero attached hydrogens (tertiary/aromatic N) is 2. The summed E-state index contributed by atoms with van der Waals surface area (Å²) in [6.45, 7) is 9.00. The summed E-state index contributed by atoms with van der Waals surface area (Å²) in [6, 6.07) is 10.1. The molecule has 1 aliphatic heterocycles. The number of aromatic nitrogens is 1. The predicted molar refractivity (Wildman–Crippen MR) is 86.1 cm³/mol. The highest BCUT2D eigenvalue weighted by Crippen LogP contribution is 2.25. The van der Waals surface area contributed by atoms with Gasteiger partial charge in [0.25, 0.3) is 0 Å². The van der Waals surface area contributed by atoms with E-state index in [-0.39, 0.29) is 12.3 Å². The van der Waals surface area contributed by atoms with Crippen LogP contribution in [0.4, 0.5) is 10.1 Å². The van der Waals surface area contributed by atoms with E-state index >= 15 is 0 Å². The van der Waals surface area contributed by atoms with Crippen LogP contribution >= 0.6 is 0 Å². The summed E-state index contributed by atoms with van der Waals surface area (Å²) in [7, 11) is 0. The highest BCUT2D eigenvalue weighted by Gasteiger charge is 2.16. The van der Waals surface area contributed by atoms with Crippen molar-refractivity contribution in [2.24, 2.45) is 0 Å². The van der Waals surface area contributed by atoms with Crippen molar-refractivity contribution in [2.75, 3.05) is 13.1 Å². The van der Waals surface area contributed by atoms with E-state index in [0.29, 0.717) is 17.4 Å². The monoisotopic (exact) mass is 311 g/mol. The fourth-order valence-electron chi connectivity index (χ4n) is 2.73. The molecule has 0 amide bonds.